The van der Waals surface area contributed by atoms with Crippen LogP contribution in [0.3, 0.4) is 0 Å². The van der Waals surface area contributed by atoms with E-state index in [1.165, 1.54) is 12.1 Å². The molecule has 1 aromatic heterocycles. The van der Waals surface area contributed by atoms with Crippen molar-refractivity contribution in [2.24, 2.45) is 0 Å². The summed E-state index contributed by atoms with van der Waals surface area (Å²) < 4.78 is 48.2. The third-order valence-corrected chi connectivity index (χ3v) is 11.9. The average Bonchev–Trinajstić information content (AvgIpc) is 3.77. The number of thiophene rings is 1. The van der Waals surface area contributed by atoms with Crippen molar-refractivity contribution in [3.05, 3.63) is 226 Å². The first-order chi connectivity index (χ1) is 29.6. The van der Waals surface area contributed by atoms with E-state index in [0.29, 0.717) is 32.8 Å². The third kappa shape index (κ3) is 10.9. The van der Waals surface area contributed by atoms with Gasteiger partial charge >= 0.3 is 0 Å². The molecule has 0 saturated carbocycles. The number of hydrogen-bond donors (Lipinski definition) is 1. The Bertz CT molecular complexity index is 2340. The van der Waals surface area contributed by atoms with Gasteiger partial charge in [-0.15, -0.1) is 11.3 Å². The second-order valence-corrected chi connectivity index (χ2v) is 16.2. The van der Waals surface area contributed by atoms with E-state index in [9.17, 15) is 9.50 Å². The van der Waals surface area contributed by atoms with Crippen LogP contribution in [0.4, 0.5) is 4.39 Å². The van der Waals surface area contributed by atoms with Gasteiger partial charge in [0.1, 0.15) is 36.3 Å². The highest BCUT2D eigenvalue weighted by Gasteiger charge is 2.49. The number of hydrogen-bond acceptors (Lipinski definition) is 7. The minimum Gasteiger partial charge on any atom is -0.392 e. The van der Waals surface area contributed by atoms with Gasteiger partial charge in [-0.3, -0.25) is 0 Å². The molecule has 1 aliphatic heterocycles. The molecule has 2 unspecified atom stereocenters. The summed E-state index contributed by atoms with van der Waals surface area (Å²) in [5.74, 6) is -0.255. The number of ether oxygens (including phenoxy) is 5. The fourth-order valence-electron chi connectivity index (χ4n) is 7.65. The number of halogens is 1. The van der Waals surface area contributed by atoms with Gasteiger partial charge in [-0.25, -0.2) is 4.39 Å². The summed E-state index contributed by atoms with van der Waals surface area (Å²) in [6, 6.07) is 57.4. The molecule has 0 spiro atoms. The van der Waals surface area contributed by atoms with Crippen molar-refractivity contribution in [1.82, 2.24) is 0 Å². The lowest BCUT2D eigenvalue weighted by Gasteiger charge is -2.47. The summed E-state index contributed by atoms with van der Waals surface area (Å²) in [6.45, 7) is 1.42. The molecule has 2 heterocycles. The van der Waals surface area contributed by atoms with Crippen LogP contribution in [0.15, 0.2) is 176 Å². The van der Waals surface area contributed by atoms with Crippen LogP contribution in [-0.2, 0) is 63.1 Å². The molecule has 5 atom stereocenters. The highest BCUT2D eigenvalue weighted by atomic mass is 32.1. The lowest BCUT2D eigenvalue weighted by atomic mass is 9.87. The first-order valence-corrected chi connectivity index (χ1v) is 21.2. The zero-order valence-electron chi connectivity index (χ0n) is 33.4. The molecular formula is C52H49FO6S. The molecule has 0 amide bonds. The molecule has 1 aliphatic rings. The number of benzene rings is 6. The van der Waals surface area contributed by atoms with Crippen molar-refractivity contribution in [1.29, 1.82) is 0 Å². The van der Waals surface area contributed by atoms with Crippen LogP contribution in [0.25, 0.3) is 10.4 Å². The summed E-state index contributed by atoms with van der Waals surface area (Å²) >= 11 is 1.68. The summed E-state index contributed by atoms with van der Waals surface area (Å²) in [7, 11) is 0. The van der Waals surface area contributed by atoms with Crippen molar-refractivity contribution >= 4 is 11.3 Å². The lowest BCUT2D eigenvalue weighted by Crippen LogP contribution is -2.58. The first kappa shape index (κ1) is 41.4. The fourth-order valence-corrected chi connectivity index (χ4v) is 8.69. The smallest absolute Gasteiger partial charge is 0.123 e. The lowest BCUT2D eigenvalue weighted by molar-refractivity contribution is -0.275. The molecule has 0 radical (unpaired) electrons. The van der Waals surface area contributed by atoms with Crippen LogP contribution in [0, 0.1) is 5.82 Å². The molecule has 6 nitrogen and oxygen atoms in total. The summed E-state index contributed by atoms with van der Waals surface area (Å²) in [5.41, 5.74) is 7.72. The monoisotopic (exact) mass is 820 g/mol. The molecule has 6 aromatic carbocycles. The molecule has 0 aliphatic carbocycles. The SMILES string of the molecule is OCc1ccc(Cc2ccc(-c3ccc(F)cc3)s2)cc1C1O[C@H](COCc2ccccc2)[C@@H](OCc2ccccc2)[C@H](OCc2ccccc2)C1OCc1ccccc1. The van der Waals surface area contributed by atoms with Gasteiger partial charge in [0.25, 0.3) is 0 Å². The molecule has 7 aromatic rings. The van der Waals surface area contributed by atoms with Gasteiger partial charge in [-0.05, 0) is 68.8 Å². The van der Waals surface area contributed by atoms with Gasteiger partial charge in [-0.2, -0.15) is 0 Å². The largest absolute Gasteiger partial charge is 0.392 e. The molecule has 1 N–H and O–H groups in total. The summed E-state index contributed by atoms with van der Waals surface area (Å²) in [4.78, 5) is 2.23. The van der Waals surface area contributed by atoms with Crippen molar-refractivity contribution in [3.63, 3.8) is 0 Å². The molecule has 1 fully saturated rings. The Morgan fingerprint density at radius 3 is 1.63 bits per heavy atom. The van der Waals surface area contributed by atoms with E-state index in [2.05, 4.69) is 36.4 Å². The molecular weight excluding hydrogens is 772 g/mol. The zero-order chi connectivity index (χ0) is 40.9. The van der Waals surface area contributed by atoms with Crippen LogP contribution in [0.1, 0.15) is 49.9 Å². The quantitative estimate of drug-likeness (QED) is 0.0930. The van der Waals surface area contributed by atoms with Crippen LogP contribution in [0.2, 0.25) is 0 Å². The number of rotatable bonds is 18. The molecule has 1 saturated heterocycles. The topological polar surface area (TPSA) is 66.4 Å². The Morgan fingerprint density at radius 2 is 1.07 bits per heavy atom. The van der Waals surface area contributed by atoms with E-state index in [-0.39, 0.29) is 19.0 Å². The molecule has 8 heteroatoms. The van der Waals surface area contributed by atoms with Gasteiger partial charge in [0.2, 0.25) is 0 Å². The van der Waals surface area contributed by atoms with E-state index in [1.807, 2.05) is 127 Å². The Morgan fingerprint density at radius 1 is 0.533 bits per heavy atom. The normalized spacial score (nSPS) is 19.0. The first-order valence-electron chi connectivity index (χ1n) is 20.4. The molecule has 60 heavy (non-hydrogen) atoms. The third-order valence-electron chi connectivity index (χ3n) is 10.7. The minimum atomic E-state index is -0.656. The maximum absolute atomic E-state index is 13.7. The van der Waals surface area contributed by atoms with E-state index >= 15 is 0 Å². The second-order valence-electron chi connectivity index (χ2n) is 15.0. The van der Waals surface area contributed by atoms with Crippen LogP contribution in [-0.4, -0.2) is 36.1 Å². The summed E-state index contributed by atoms with van der Waals surface area (Å²) in [5, 5.41) is 10.9. The standard InChI is InChI=1S/C52H49FO6S/c53-44-25-23-42(24-26-44)48-28-27-45(60-48)29-41-21-22-43(31-54)46(30-41)49-51(57-34-39-17-9-3-10-18-39)52(58-35-40-19-11-4-12-20-40)50(56-33-38-15-7-2-8-16-38)47(59-49)36-55-32-37-13-5-1-6-14-37/h1-28,30,47,49-52,54H,29,31-36H2/t47-,49?,50-,51?,52+/m1/s1. The molecule has 306 valence electrons. The second kappa shape index (κ2) is 20.8. The fraction of sp³-hybridized carbons (Fsp3) is 0.231. The van der Waals surface area contributed by atoms with Gasteiger partial charge in [0.15, 0.2) is 0 Å². The van der Waals surface area contributed by atoms with Crippen molar-refractivity contribution in [3.8, 4) is 10.4 Å². The average molecular weight is 821 g/mol. The van der Waals surface area contributed by atoms with E-state index in [4.69, 9.17) is 23.7 Å². The highest BCUT2D eigenvalue weighted by molar-refractivity contribution is 7.15. The van der Waals surface area contributed by atoms with Crippen LogP contribution < -0.4 is 0 Å². The molecule has 0 bridgehead atoms. The predicted molar refractivity (Wildman–Crippen MR) is 234 cm³/mol. The van der Waals surface area contributed by atoms with Crippen LogP contribution >= 0.6 is 11.3 Å². The maximum Gasteiger partial charge on any atom is 0.123 e. The minimum absolute atomic E-state index is 0.187. The van der Waals surface area contributed by atoms with Gasteiger partial charge in [-0.1, -0.05) is 152 Å². The van der Waals surface area contributed by atoms with Crippen molar-refractivity contribution < 1.29 is 33.2 Å². The number of aliphatic hydroxyl groups is 1. The van der Waals surface area contributed by atoms with E-state index in [1.54, 1.807) is 11.3 Å². The van der Waals surface area contributed by atoms with Gasteiger partial charge in [0, 0.05) is 16.2 Å². The van der Waals surface area contributed by atoms with E-state index < -0.39 is 30.5 Å². The Kier molecular flexibility index (Phi) is 14.4. The van der Waals surface area contributed by atoms with Gasteiger partial charge in [0.05, 0.1) is 39.6 Å². The highest BCUT2D eigenvalue weighted by Crippen LogP contribution is 2.41. The van der Waals surface area contributed by atoms with Crippen LogP contribution in [0.5, 0.6) is 0 Å². The van der Waals surface area contributed by atoms with Crippen molar-refractivity contribution in [2.45, 2.75) is 70.0 Å². The summed E-state index contributed by atoms with van der Waals surface area (Å²) in [6.07, 6.45) is -2.40. The Labute approximate surface area is 355 Å². The zero-order valence-corrected chi connectivity index (χ0v) is 34.2. The Balaban J connectivity index is 1.16. The maximum atomic E-state index is 13.7. The number of aliphatic hydroxyl groups excluding tert-OH is 1. The van der Waals surface area contributed by atoms with E-state index in [0.717, 1.165) is 54.3 Å². The van der Waals surface area contributed by atoms with Gasteiger partial charge < -0.3 is 28.8 Å². The Hall–Kier alpha value is -5.29. The molecule has 8 rings (SSSR count). The predicted octanol–water partition coefficient (Wildman–Crippen LogP) is 11.1. The van der Waals surface area contributed by atoms with Crippen molar-refractivity contribution in [2.75, 3.05) is 6.61 Å².